The SMILES string of the molecule is Cc1csc(-c2cccc(C(=O)N3CC4CC3C4c3ocnc3C(N)=O)c2)n1. The summed E-state index contributed by atoms with van der Waals surface area (Å²) >= 11 is 1.57. The number of rotatable bonds is 4. The lowest BCUT2D eigenvalue weighted by Gasteiger charge is -2.35. The van der Waals surface area contributed by atoms with E-state index in [0.717, 1.165) is 22.7 Å². The number of nitrogens with two attached hydrogens (primary N) is 1. The molecular formula is C20H18N4O3S. The molecule has 1 aromatic carbocycles. The third-order valence-corrected chi connectivity index (χ3v) is 6.67. The quantitative estimate of drug-likeness (QED) is 0.733. The monoisotopic (exact) mass is 394 g/mol. The van der Waals surface area contributed by atoms with Gasteiger partial charge in [-0.1, -0.05) is 12.1 Å². The molecule has 1 saturated carbocycles. The van der Waals surface area contributed by atoms with E-state index in [1.54, 1.807) is 11.3 Å². The number of aromatic nitrogens is 2. The van der Waals surface area contributed by atoms with Crippen LogP contribution < -0.4 is 5.73 Å². The molecule has 3 atom stereocenters. The van der Waals surface area contributed by atoms with E-state index < -0.39 is 5.91 Å². The molecule has 28 heavy (non-hydrogen) atoms. The maximum atomic E-state index is 13.2. The number of oxazole rings is 1. The highest BCUT2D eigenvalue weighted by atomic mass is 32.1. The largest absolute Gasteiger partial charge is 0.447 e. The van der Waals surface area contributed by atoms with Crippen LogP contribution in [0.4, 0.5) is 0 Å². The molecule has 2 amide bonds. The fraction of sp³-hybridized carbons (Fsp3) is 0.300. The number of benzene rings is 1. The van der Waals surface area contributed by atoms with Crippen LogP contribution in [0.2, 0.25) is 0 Å². The van der Waals surface area contributed by atoms with E-state index >= 15 is 0 Å². The predicted molar refractivity (Wildman–Crippen MR) is 103 cm³/mol. The molecule has 2 N–H and O–H groups in total. The van der Waals surface area contributed by atoms with Gasteiger partial charge >= 0.3 is 0 Å². The molecular weight excluding hydrogens is 376 g/mol. The Morgan fingerprint density at radius 2 is 2.21 bits per heavy atom. The molecule has 2 bridgehead atoms. The lowest BCUT2D eigenvalue weighted by Crippen LogP contribution is -2.40. The highest BCUT2D eigenvalue weighted by molar-refractivity contribution is 7.13. The zero-order valence-corrected chi connectivity index (χ0v) is 16.0. The molecule has 3 aromatic rings. The molecule has 3 aliphatic rings. The number of fused-ring (bicyclic) bond motifs is 1. The van der Waals surface area contributed by atoms with Gasteiger partial charge < -0.3 is 15.1 Å². The van der Waals surface area contributed by atoms with Crippen LogP contribution in [0.1, 0.15) is 44.6 Å². The Morgan fingerprint density at radius 3 is 2.96 bits per heavy atom. The second-order valence-corrected chi connectivity index (χ2v) is 8.21. The summed E-state index contributed by atoms with van der Waals surface area (Å²) in [6.07, 6.45) is 2.15. The number of hydrogen-bond acceptors (Lipinski definition) is 6. The molecule has 7 nitrogen and oxygen atoms in total. The number of hydrogen-bond donors (Lipinski definition) is 1. The number of aryl methyl sites for hydroxylation is 1. The van der Waals surface area contributed by atoms with Crippen molar-refractivity contribution in [1.82, 2.24) is 14.9 Å². The van der Waals surface area contributed by atoms with E-state index in [1.807, 2.05) is 41.5 Å². The minimum absolute atomic E-state index is 0.00862. The molecule has 4 heterocycles. The summed E-state index contributed by atoms with van der Waals surface area (Å²) in [4.78, 5) is 35.1. The minimum Gasteiger partial charge on any atom is -0.447 e. The molecule has 142 valence electrons. The maximum Gasteiger partial charge on any atom is 0.270 e. The van der Waals surface area contributed by atoms with Crippen LogP contribution in [0.3, 0.4) is 0 Å². The van der Waals surface area contributed by atoms with Gasteiger partial charge in [0.1, 0.15) is 10.8 Å². The van der Waals surface area contributed by atoms with Crippen molar-refractivity contribution in [2.24, 2.45) is 11.7 Å². The Morgan fingerprint density at radius 1 is 1.36 bits per heavy atom. The second kappa shape index (κ2) is 6.27. The van der Waals surface area contributed by atoms with E-state index in [2.05, 4.69) is 9.97 Å². The van der Waals surface area contributed by atoms with Crippen LogP contribution in [0, 0.1) is 12.8 Å². The third kappa shape index (κ3) is 2.56. The van der Waals surface area contributed by atoms with Gasteiger partial charge in [0.25, 0.3) is 11.8 Å². The average molecular weight is 394 g/mol. The number of amides is 2. The molecule has 0 spiro atoms. The van der Waals surface area contributed by atoms with E-state index in [4.69, 9.17) is 10.2 Å². The number of nitrogens with zero attached hydrogens (tertiary/aromatic N) is 3. The third-order valence-electron chi connectivity index (χ3n) is 5.67. The van der Waals surface area contributed by atoms with Crippen molar-refractivity contribution in [1.29, 1.82) is 0 Å². The van der Waals surface area contributed by atoms with Crippen molar-refractivity contribution in [3.8, 4) is 10.6 Å². The molecule has 8 heteroatoms. The predicted octanol–water partition coefficient (Wildman–Crippen LogP) is 2.83. The van der Waals surface area contributed by atoms with Crippen LogP contribution in [-0.4, -0.2) is 39.3 Å². The topological polar surface area (TPSA) is 102 Å². The van der Waals surface area contributed by atoms with Crippen molar-refractivity contribution >= 4 is 23.2 Å². The highest BCUT2D eigenvalue weighted by Crippen LogP contribution is 2.53. The summed E-state index contributed by atoms with van der Waals surface area (Å²) in [7, 11) is 0. The highest BCUT2D eigenvalue weighted by Gasteiger charge is 2.56. The van der Waals surface area contributed by atoms with Crippen LogP contribution >= 0.6 is 11.3 Å². The fourth-order valence-electron chi connectivity index (χ4n) is 4.36. The number of carbonyl (C=O) groups excluding carboxylic acids is 2. The van der Waals surface area contributed by atoms with Gasteiger partial charge in [0, 0.05) is 40.7 Å². The van der Waals surface area contributed by atoms with E-state index in [0.29, 0.717) is 17.9 Å². The maximum absolute atomic E-state index is 13.2. The van der Waals surface area contributed by atoms with Crippen molar-refractivity contribution in [3.05, 3.63) is 58.8 Å². The molecule has 6 rings (SSSR count). The molecule has 3 fully saturated rings. The smallest absolute Gasteiger partial charge is 0.270 e. The van der Waals surface area contributed by atoms with Gasteiger partial charge in [0.05, 0.1) is 0 Å². The first-order valence-corrected chi connectivity index (χ1v) is 9.97. The Hall–Kier alpha value is -3.00. The van der Waals surface area contributed by atoms with E-state index in [9.17, 15) is 9.59 Å². The molecule has 2 saturated heterocycles. The minimum atomic E-state index is -0.598. The van der Waals surface area contributed by atoms with Crippen LogP contribution in [0.25, 0.3) is 10.6 Å². The summed E-state index contributed by atoms with van der Waals surface area (Å²) in [5.41, 5.74) is 8.13. The lowest BCUT2D eigenvalue weighted by atomic mass is 9.72. The Bertz CT molecular complexity index is 1090. The standard InChI is InChI=1S/C20H18N4O3S/c1-10-8-28-19(23-10)11-3-2-4-12(5-11)20(26)24-7-13-6-14(24)15(13)17-16(18(21)25)22-9-27-17/h2-5,8-9,13-15H,6-7H2,1H3,(H2,21,25). The van der Waals surface area contributed by atoms with Gasteiger partial charge in [-0.25, -0.2) is 9.97 Å². The zero-order chi connectivity index (χ0) is 19.4. The van der Waals surface area contributed by atoms with Crippen LogP contribution in [0.15, 0.2) is 40.5 Å². The zero-order valence-electron chi connectivity index (χ0n) is 15.2. The average Bonchev–Trinajstić information content (AvgIpc) is 3.44. The Labute approximate surface area is 165 Å². The summed E-state index contributed by atoms with van der Waals surface area (Å²) in [5, 5.41) is 2.90. The fourth-order valence-corrected chi connectivity index (χ4v) is 5.15. The first-order valence-electron chi connectivity index (χ1n) is 9.09. The van der Waals surface area contributed by atoms with Gasteiger partial charge in [0.15, 0.2) is 12.1 Å². The van der Waals surface area contributed by atoms with Crippen LogP contribution in [0.5, 0.6) is 0 Å². The van der Waals surface area contributed by atoms with Gasteiger partial charge in [-0.3, -0.25) is 9.59 Å². The Kier molecular flexibility index (Phi) is 3.83. The summed E-state index contributed by atoms with van der Waals surface area (Å²) in [5.74, 6) is 0.157. The van der Waals surface area contributed by atoms with Gasteiger partial charge in [0.2, 0.25) is 0 Å². The van der Waals surface area contributed by atoms with E-state index in [-0.39, 0.29) is 29.5 Å². The van der Waals surface area contributed by atoms with E-state index in [1.165, 1.54) is 6.39 Å². The normalized spacial score (nSPS) is 22.9. The number of thiazole rings is 1. The van der Waals surface area contributed by atoms with Crippen LogP contribution in [-0.2, 0) is 0 Å². The molecule has 2 aliphatic heterocycles. The molecule has 1 aliphatic carbocycles. The first-order chi connectivity index (χ1) is 13.5. The molecule has 3 unspecified atom stereocenters. The van der Waals surface area contributed by atoms with Crippen molar-refractivity contribution in [3.63, 3.8) is 0 Å². The first kappa shape index (κ1) is 17.1. The molecule has 2 aromatic heterocycles. The van der Waals surface area contributed by atoms with Gasteiger partial charge in [-0.05, 0) is 31.4 Å². The van der Waals surface area contributed by atoms with Crippen molar-refractivity contribution < 1.29 is 14.0 Å². The number of primary amides is 1. The molecule has 0 radical (unpaired) electrons. The van der Waals surface area contributed by atoms with Crippen molar-refractivity contribution in [2.45, 2.75) is 25.3 Å². The Balaban J connectivity index is 1.40. The lowest BCUT2D eigenvalue weighted by molar-refractivity contribution is 0.0729. The summed E-state index contributed by atoms with van der Waals surface area (Å²) in [6.45, 7) is 2.60. The van der Waals surface area contributed by atoms with Gasteiger partial charge in [-0.15, -0.1) is 11.3 Å². The summed E-state index contributed by atoms with van der Waals surface area (Å²) in [6, 6.07) is 7.60. The van der Waals surface area contributed by atoms with Gasteiger partial charge in [-0.2, -0.15) is 0 Å². The summed E-state index contributed by atoms with van der Waals surface area (Å²) < 4.78 is 5.47. The number of carbonyl (C=O) groups is 2. The van der Waals surface area contributed by atoms with Crippen molar-refractivity contribution in [2.75, 3.05) is 6.54 Å². The second-order valence-electron chi connectivity index (χ2n) is 7.35.